The first-order chi connectivity index (χ1) is 12.5. The van der Waals surface area contributed by atoms with E-state index in [9.17, 15) is 9.90 Å². The Labute approximate surface area is 155 Å². The molecule has 0 radical (unpaired) electrons. The predicted molar refractivity (Wildman–Crippen MR) is 104 cm³/mol. The summed E-state index contributed by atoms with van der Waals surface area (Å²) >= 11 is 0. The first-order valence-electron chi connectivity index (χ1n) is 8.62. The Bertz CT molecular complexity index is 707. The molecule has 0 unspecified atom stereocenters. The van der Waals surface area contributed by atoms with E-state index in [1.165, 1.54) is 7.11 Å². The highest BCUT2D eigenvalue weighted by atomic mass is 16.5. The third kappa shape index (κ3) is 5.58. The molecule has 2 aromatic carbocycles. The Morgan fingerprint density at radius 3 is 2.54 bits per heavy atom. The molecule has 0 heterocycles. The fourth-order valence-electron chi connectivity index (χ4n) is 2.64. The number of carbonyl (C=O) groups is 1. The minimum Gasteiger partial charge on any atom is -0.504 e. The number of ether oxygens (including phenoxy) is 1. The molecule has 0 aliphatic heterocycles. The van der Waals surface area contributed by atoms with Crippen molar-refractivity contribution in [2.45, 2.75) is 13.0 Å². The van der Waals surface area contributed by atoms with Crippen molar-refractivity contribution in [2.24, 2.45) is 0 Å². The van der Waals surface area contributed by atoms with E-state index in [-0.39, 0.29) is 11.8 Å². The number of methoxy groups -OCH3 is 1. The fraction of sp³-hybridized carbons (Fsp3) is 0.350. The van der Waals surface area contributed by atoms with Crippen molar-refractivity contribution in [3.8, 4) is 11.5 Å². The number of nitrogens with one attached hydrogen (secondary N) is 1. The topological polar surface area (TPSA) is 65.0 Å². The van der Waals surface area contributed by atoms with E-state index in [4.69, 9.17) is 4.74 Å². The number of urea groups is 1. The van der Waals surface area contributed by atoms with Gasteiger partial charge < -0.3 is 25.0 Å². The monoisotopic (exact) mass is 357 g/mol. The maximum atomic E-state index is 12.2. The Hall–Kier alpha value is -2.89. The number of aromatic hydroxyl groups is 1. The summed E-state index contributed by atoms with van der Waals surface area (Å²) in [6.07, 6.45) is 0.855. The van der Waals surface area contributed by atoms with E-state index in [2.05, 4.69) is 22.3 Å². The van der Waals surface area contributed by atoms with E-state index in [1.807, 2.05) is 31.3 Å². The van der Waals surface area contributed by atoms with Crippen molar-refractivity contribution in [3.05, 3.63) is 54.1 Å². The summed E-state index contributed by atoms with van der Waals surface area (Å²) < 4.78 is 5.02. The molecule has 6 nitrogen and oxygen atoms in total. The predicted octanol–water partition coefficient (Wildman–Crippen LogP) is 3.07. The summed E-state index contributed by atoms with van der Waals surface area (Å²) in [5.41, 5.74) is 2.00. The Morgan fingerprint density at radius 1 is 1.15 bits per heavy atom. The van der Waals surface area contributed by atoms with Crippen molar-refractivity contribution >= 4 is 11.7 Å². The van der Waals surface area contributed by atoms with Crippen LogP contribution in [0.2, 0.25) is 0 Å². The highest BCUT2D eigenvalue weighted by Gasteiger charge is 2.10. The summed E-state index contributed by atoms with van der Waals surface area (Å²) in [5.74, 6) is 0.492. The number of nitrogens with zero attached hydrogens (tertiary/aromatic N) is 2. The number of phenolic OH excluding ortho intramolecular Hbond substituents is 1. The van der Waals surface area contributed by atoms with Crippen molar-refractivity contribution in [1.82, 2.24) is 10.2 Å². The van der Waals surface area contributed by atoms with E-state index in [1.54, 1.807) is 24.1 Å². The smallest absolute Gasteiger partial charge is 0.317 e. The van der Waals surface area contributed by atoms with Gasteiger partial charge in [0.25, 0.3) is 0 Å². The maximum absolute atomic E-state index is 12.2. The molecule has 0 bridgehead atoms. The van der Waals surface area contributed by atoms with Gasteiger partial charge in [0, 0.05) is 39.4 Å². The summed E-state index contributed by atoms with van der Waals surface area (Å²) in [7, 11) is 5.27. The summed E-state index contributed by atoms with van der Waals surface area (Å²) in [6.45, 7) is 1.88. The van der Waals surface area contributed by atoms with Gasteiger partial charge in [-0.1, -0.05) is 24.3 Å². The van der Waals surface area contributed by atoms with Crippen molar-refractivity contribution in [1.29, 1.82) is 0 Å². The lowest BCUT2D eigenvalue weighted by Gasteiger charge is -2.21. The van der Waals surface area contributed by atoms with E-state index >= 15 is 0 Å². The van der Waals surface area contributed by atoms with Gasteiger partial charge in [0.05, 0.1) is 7.11 Å². The number of anilines is 1. The number of amides is 2. The number of carbonyl (C=O) groups excluding carboxylic acids is 1. The summed E-state index contributed by atoms with van der Waals surface area (Å²) in [6, 6.07) is 15.1. The van der Waals surface area contributed by atoms with Gasteiger partial charge in [-0.15, -0.1) is 0 Å². The number of hydrogen-bond donors (Lipinski definition) is 2. The van der Waals surface area contributed by atoms with Gasteiger partial charge in [0.2, 0.25) is 0 Å². The average Bonchev–Trinajstić information content (AvgIpc) is 2.65. The standard InChI is InChI=1S/C20H27N3O3/c1-22(17-8-5-4-6-9-17)13-7-12-21-20(25)23(2)15-16-10-11-19(26-3)18(24)14-16/h4-6,8-11,14,24H,7,12-13,15H2,1-3H3,(H,21,25). The van der Waals surface area contributed by atoms with Crippen molar-refractivity contribution < 1.29 is 14.6 Å². The van der Waals surface area contributed by atoms with Crippen LogP contribution in [0.3, 0.4) is 0 Å². The first-order valence-corrected chi connectivity index (χ1v) is 8.62. The second-order valence-electron chi connectivity index (χ2n) is 6.20. The minimum absolute atomic E-state index is 0.0720. The SMILES string of the molecule is COc1ccc(CN(C)C(=O)NCCCN(C)c2ccccc2)cc1O. The Balaban J connectivity index is 1.72. The van der Waals surface area contributed by atoms with Gasteiger partial charge in [0.15, 0.2) is 11.5 Å². The third-order valence-electron chi connectivity index (χ3n) is 4.15. The maximum Gasteiger partial charge on any atom is 0.317 e. The minimum atomic E-state index is -0.136. The zero-order chi connectivity index (χ0) is 18.9. The van der Waals surface area contributed by atoms with Crippen LogP contribution in [0, 0.1) is 0 Å². The van der Waals surface area contributed by atoms with Crippen LogP contribution in [0.15, 0.2) is 48.5 Å². The van der Waals surface area contributed by atoms with E-state index in [0.717, 1.165) is 24.2 Å². The highest BCUT2D eigenvalue weighted by molar-refractivity contribution is 5.73. The molecule has 2 amide bonds. The average molecular weight is 357 g/mol. The lowest BCUT2D eigenvalue weighted by molar-refractivity contribution is 0.207. The molecule has 0 fully saturated rings. The molecule has 2 rings (SSSR count). The molecule has 140 valence electrons. The zero-order valence-electron chi connectivity index (χ0n) is 15.6. The van der Waals surface area contributed by atoms with Gasteiger partial charge in [-0.2, -0.15) is 0 Å². The molecule has 0 atom stereocenters. The Morgan fingerprint density at radius 2 is 1.88 bits per heavy atom. The molecule has 2 N–H and O–H groups in total. The molecule has 0 saturated heterocycles. The lowest BCUT2D eigenvalue weighted by Crippen LogP contribution is -2.38. The van der Waals surface area contributed by atoms with Crippen LogP contribution in [0.25, 0.3) is 0 Å². The van der Waals surface area contributed by atoms with Crippen LogP contribution in [0.1, 0.15) is 12.0 Å². The molecule has 26 heavy (non-hydrogen) atoms. The summed E-state index contributed by atoms with van der Waals surface area (Å²) in [4.78, 5) is 15.9. The molecule has 0 saturated carbocycles. The van der Waals surface area contributed by atoms with Gasteiger partial charge in [-0.05, 0) is 36.2 Å². The van der Waals surface area contributed by atoms with Crippen molar-refractivity contribution in [2.75, 3.05) is 39.2 Å². The second kappa shape index (κ2) is 9.56. The molecule has 0 spiro atoms. The Kier molecular flexibility index (Phi) is 7.14. The molecule has 0 aromatic heterocycles. The van der Waals surface area contributed by atoms with E-state index < -0.39 is 0 Å². The van der Waals surface area contributed by atoms with Crippen LogP contribution in [0.4, 0.5) is 10.5 Å². The number of hydrogen-bond acceptors (Lipinski definition) is 4. The summed E-state index contributed by atoms with van der Waals surface area (Å²) in [5, 5.41) is 12.7. The zero-order valence-corrected chi connectivity index (χ0v) is 15.6. The molecule has 6 heteroatoms. The molecule has 0 aliphatic rings. The quantitative estimate of drug-likeness (QED) is 0.713. The second-order valence-corrected chi connectivity index (χ2v) is 6.20. The number of para-hydroxylation sites is 1. The molecular formula is C20H27N3O3. The van der Waals surface area contributed by atoms with Crippen LogP contribution in [-0.2, 0) is 6.54 Å². The van der Waals surface area contributed by atoms with Gasteiger partial charge in [-0.3, -0.25) is 0 Å². The van der Waals surface area contributed by atoms with Crippen LogP contribution in [-0.4, -0.2) is 50.3 Å². The van der Waals surface area contributed by atoms with Crippen LogP contribution < -0.4 is 15.0 Å². The number of phenols is 1. The lowest BCUT2D eigenvalue weighted by atomic mass is 10.2. The fourth-order valence-corrected chi connectivity index (χ4v) is 2.64. The number of benzene rings is 2. The normalized spacial score (nSPS) is 10.3. The van der Waals surface area contributed by atoms with Crippen LogP contribution in [0.5, 0.6) is 11.5 Å². The van der Waals surface area contributed by atoms with Crippen LogP contribution >= 0.6 is 0 Å². The molecule has 2 aromatic rings. The van der Waals surface area contributed by atoms with Gasteiger partial charge >= 0.3 is 6.03 Å². The largest absolute Gasteiger partial charge is 0.504 e. The van der Waals surface area contributed by atoms with Gasteiger partial charge in [0.1, 0.15) is 0 Å². The van der Waals surface area contributed by atoms with Crippen molar-refractivity contribution in [3.63, 3.8) is 0 Å². The highest BCUT2D eigenvalue weighted by Crippen LogP contribution is 2.26. The number of rotatable bonds is 8. The van der Waals surface area contributed by atoms with E-state index in [0.29, 0.717) is 18.8 Å². The van der Waals surface area contributed by atoms with Gasteiger partial charge in [-0.25, -0.2) is 4.79 Å². The first kappa shape index (κ1) is 19.4. The molecule has 0 aliphatic carbocycles. The third-order valence-corrected chi connectivity index (χ3v) is 4.15. The molecular weight excluding hydrogens is 330 g/mol.